The number of carboxylic acids is 1. The van der Waals surface area contributed by atoms with Crippen molar-refractivity contribution in [2.75, 3.05) is 13.1 Å². The Bertz CT molecular complexity index is 976. The fraction of sp³-hybridized carbons (Fsp3) is 0.235. The minimum absolute atomic E-state index is 0.0341. The number of carboxylic acid groups (broad SMARTS) is 1. The number of aliphatic carboxylic acids is 1. The number of halogens is 2. The Labute approximate surface area is 153 Å². The van der Waals surface area contributed by atoms with Gasteiger partial charge in [0, 0.05) is 23.5 Å². The molecule has 3 rings (SSSR count). The number of hydrogen-bond donors (Lipinski definition) is 0. The molecule has 0 N–H and O–H groups in total. The van der Waals surface area contributed by atoms with E-state index in [1.807, 2.05) is 0 Å². The lowest BCUT2D eigenvalue weighted by atomic mass is 10.1. The first kappa shape index (κ1) is 18.7. The first-order chi connectivity index (χ1) is 12.3. The van der Waals surface area contributed by atoms with E-state index in [0.717, 1.165) is 42.4 Å². The largest absolute Gasteiger partial charge is 0.545 e. The van der Waals surface area contributed by atoms with E-state index in [1.165, 1.54) is 22.5 Å². The van der Waals surface area contributed by atoms with Gasteiger partial charge in [-0.3, -0.25) is 0 Å². The summed E-state index contributed by atoms with van der Waals surface area (Å²) in [7, 11) is -3.66. The summed E-state index contributed by atoms with van der Waals surface area (Å²) in [4.78, 5) is 11.6. The molecule has 26 heavy (non-hydrogen) atoms. The second-order valence-corrected chi connectivity index (χ2v) is 9.00. The summed E-state index contributed by atoms with van der Waals surface area (Å²) in [5.74, 6) is -3.70. The van der Waals surface area contributed by atoms with Crippen LogP contribution in [-0.4, -0.2) is 31.8 Å². The van der Waals surface area contributed by atoms with Gasteiger partial charge in [-0.15, -0.1) is 11.3 Å². The third-order valence-corrected chi connectivity index (χ3v) is 7.47. The average Bonchev–Trinajstić information content (AvgIpc) is 3.27. The molecule has 0 spiro atoms. The highest BCUT2D eigenvalue weighted by molar-refractivity contribution is 7.91. The van der Waals surface area contributed by atoms with Crippen LogP contribution in [0.5, 0.6) is 0 Å². The molecule has 0 radical (unpaired) electrons. The van der Waals surface area contributed by atoms with Crippen molar-refractivity contribution in [2.45, 2.75) is 17.1 Å². The standard InChI is InChI=1S/C17H15F2NO4S2/c18-13-4-3-11(10-14(13)19)9-12(17(21)22)15-5-6-16(25-15)26(23,24)20-7-1-2-8-20/h3-6,9-10H,1-2,7-8H2,(H,21,22)/p-1/b12-9-. The topological polar surface area (TPSA) is 77.5 Å². The van der Waals surface area contributed by atoms with Crippen LogP contribution < -0.4 is 5.11 Å². The van der Waals surface area contributed by atoms with E-state index in [-0.39, 0.29) is 20.2 Å². The van der Waals surface area contributed by atoms with Crippen LogP contribution >= 0.6 is 11.3 Å². The Hall–Kier alpha value is -2.10. The first-order valence-electron chi connectivity index (χ1n) is 7.77. The van der Waals surface area contributed by atoms with E-state index in [2.05, 4.69) is 0 Å². The van der Waals surface area contributed by atoms with Crippen LogP contribution in [0.1, 0.15) is 23.3 Å². The summed E-state index contributed by atoms with van der Waals surface area (Å²) in [5.41, 5.74) is -0.177. The number of nitrogens with zero attached hydrogens (tertiary/aromatic N) is 1. The van der Waals surface area contributed by atoms with E-state index in [1.54, 1.807) is 0 Å². The Morgan fingerprint density at radius 3 is 2.42 bits per heavy atom. The molecule has 2 aromatic rings. The Morgan fingerprint density at radius 1 is 1.12 bits per heavy atom. The predicted molar refractivity (Wildman–Crippen MR) is 91.5 cm³/mol. The summed E-state index contributed by atoms with van der Waals surface area (Å²) in [5, 5.41) is 11.5. The van der Waals surface area contributed by atoms with Gasteiger partial charge in [-0.05, 0) is 48.7 Å². The third-order valence-electron chi connectivity index (χ3n) is 3.98. The van der Waals surface area contributed by atoms with E-state index in [4.69, 9.17) is 0 Å². The van der Waals surface area contributed by atoms with Gasteiger partial charge in [-0.25, -0.2) is 17.2 Å². The fourth-order valence-corrected chi connectivity index (χ4v) is 5.64. The number of thiophene rings is 1. The molecule has 0 amide bonds. The van der Waals surface area contributed by atoms with E-state index in [0.29, 0.717) is 13.1 Å². The van der Waals surface area contributed by atoms with Gasteiger partial charge in [0.25, 0.3) is 10.0 Å². The van der Waals surface area contributed by atoms with Crippen LogP contribution in [0, 0.1) is 11.6 Å². The molecule has 1 aromatic heterocycles. The Kier molecular flexibility index (Phi) is 5.22. The van der Waals surface area contributed by atoms with Gasteiger partial charge in [0.1, 0.15) is 4.21 Å². The molecule has 1 saturated heterocycles. The van der Waals surface area contributed by atoms with Crippen molar-refractivity contribution < 1.29 is 27.1 Å². The zero-order valence-corrected chi connectivity index (χ0v) is 15.1. The molecule has 1 aliphatic heterocycles. The molecular weight excluding hydrogens is 384 g/mol. The quantitative estimate of drug-likeness (QED) is 0.723. The number of hydrogen-bond acceptors (Lipinski definition) is 5. The van der Waals surface area contributed by atoms with Gasteiger partial charge in [0.15, 0.2) is 11.6 Å². The van der Waals surface area contributed by atoms with E-state index >= 15 is 0 Å². The van der Waals surface area contributed by atoms with Crippen LogP contribution in [0.3, 0.4) is 0 Å². The van der Waals surface area contributed by atoms with E-state index < -0.39 is 27.6 Å². The minimum Gasteiger partial charge on any atom is -0.545 e. The maximum Gasteiger partial charge on any atom is 0.252 e. The highest BCUT2D eigenvalue weighted by Gasteiger charge is 2.28. The van der Waals surface area contributed by atoms with Gasteiger partial charge >= 0.3 is 0 Å². The van der Waals surface area contributed by atoms with Crippen LogP contribution in [0.2, 0.25) is 0 Å². The van der Waals surface area contributed by atoms with Crippen molar-refractivity contribution >= 4 is 39.0 Å². The van der Waals surface area contributed by atoms with Gasteiger partial charge in [-0.2, -0.15) is 4.31 Å². The first-order valence-corrected chi connectivity index (χ1v) is 10.0. The molecule has 1 aliphatic rings. The molecule has 0 bridgehead atoms. The average molecular weight is 398 g/mol. The maximum atomic E-state index is 13.3. The SMILES string of the molecule is O=C([O-])/C(=C\c1ccc(F)c(F)c1)c1ccc(S(=O)(=O)N2CCCC2)s1. The van der Waals surface area contributed by atoms with Gasteiger partial charge in [0.2, 0.25) is 0 Å². The zero-order chi connectivity index (χ0) is 18.9. The predicted octanol–water partition coefficient (Wildman–Crippen LogP) is 2.10. The summed E-state index contributed by atoms with van der Waals surface area (Å²) in [6.07, 6.45) is 2.70. The maximum absolute atomic E-state index is 13.3. The number of sulfonamides is 1. The lowest BCUT2D eigenvalue weighted by Gasteiger charge is -2.13. The normalized spacial score (nSPS) is 16.2. The zero-order valence-electron chi connectivity index (χ0n) is 13.4. The lowest BCUT2D eigenvalue weighted by Crippen LogP contribution is -2.27. The molecule has 0 saturated carbocycles. The van der Waals surface area contributed by atoms with Gasteiger partial charge < -0.3 is 9.90 Å². The summed E-state index contributed by atoms with van der Waals surface area (Å²) >= 11 is 0.803. The van der Waals surface area contributed by atoms with E-state index in [9.17, 15) is 27.1 Å². The molecule has 0 aliphatic carbocycles. The number of carbonyl (C=O) groups is 1. The molecular formula is C17H14F2NO4S2-. The molecule has 138 valence electrons. The fourth-order valence-electron chi connectivity index (χ4n) is 2.66. The molecule has 2 heterocycles. The number of rotatable bonds is 5. The summed E-state index contributed by atoms with van der Waals surface area (Å²) in [6, 6.07) is 5.67. The smallest absolute Gasteiger partial charge is 0.252 e. The van der Waals surface area contributed by atoms with Crippen LogP contribution in [0.25, 0.3) is 11.6 Å². The molecule has 0 unspecified atom stereocenters. The van der Waals surface area contributed by atoms with Gasteiger partial charge in [0.05, 0.1) is 5.97 Å². The molecule has 1 fully saturated rings. The lowest BCUT2D eigenvalue weighted by molar-refractivity contribution is -0.295. The highest BCUT2D eigenvalue weighted by atomic mass is 32.2. The van der Waals surface area contributed by atoms with Crippen molar-refractivity contribution in [3.63, 3.8) is 0 Å². The van der Waals surface area contributed by atoms with Crippen molar-refractivity contribution in [1.29, 1.82) is 0 Å². The Morgan fingerprint density at radius 2 is 1.81 bits per heavy atom. The van der Waals surface area contributed by atoms with Crippen LogP contribution in [0.4, 0.5) is 8.78 Å². The summed E-state index contributed by atoms with van der Waals surface area (Å²) in [6.45, 7) is 0.876. The molecule has 5 nitrogen and oxygen atoms in total. The Balaban J connectivity index is 1.97. The molecule has 0 atom stereocenters. The highest BCUT2D eigenvalue weighted by Crippen LogP contribution is 2.31. The third kappa shape index (κ3) is 3.69. The van der Waals surface area contributed by atoms with Crippen molar-refractivity contribution in [3.8, 4) is 0 Å². The van der Waals surface area contributed by atoms with Crippen LogP contribution in [-0.2, 0) is 14.8 Å². The second-order valence-electron chi connectivity index (χ2n) is 5.75. The minimum atomic E-state index is -3.66. The molecule has 9 heteroatoms. The van der Waals surface area contributed by atoms with Crippen molar-refractivity contribution in [3.05, 3.63) is 52.4 Å². The number of benzene rings is 1. The number of carbonyl (C=O) groups excluding carboxylic acids is 1. The molecule has 1 aromatic carbocycles. The summed E-state index contributed by atoms with van der Waals surface area (Å²) < 4.78 is 52.8. The monoisotopic (exact) mass is 398 g/mol. The second kappa shape index (κ2) is 7.26. The van der Waals surface area contributed by atoms with Crippen LogP contribution in [0.15, 0.2) is 34.5 Å². The van der Waals surface area contributed by atoms with Crippen molar-refractivity contribution in [2.24, 2.45) is 0 Å². The van der Waals surface area contributed by atoms with Gasteiger partial charge in [-0.1, -0.05) is 6.07 Å². The van der Waals surface area contributed by atoms with Crippen molar-refractivity contribution in [1.82, 2.24) is 4.31 Å².